The highest BCUT2D eigenvalue weighted by Crippen LogP contribution is 2.15. The lowest BCUT2D eigenvalue weighted by Gasteiger charge is -2.06. The third-order valence-corrected chi connectivity index (χ3v) is 3.94. The molecule has 0 saturated heterocycles. The number of halogens is 1. The number of benzene rings is 2. The summed E-state index contributed by atoms with van der Waals surface area (Å²) >= 11 is 3.28. The Kier molecular flexibility index (Phi) is 8.26. The van der Waals surface area contributed by atoms with Crippen molar-refractivity contribution in [2.75, 3.05) is 6.54 Å². The van der Waals surface area contributed by atoms with Crippen LogP contribution in [0.1, 0.15) is 22.8 Å². The molecule has 9 heteroatoms. The molecular weight excluding hydrogens is 404 g/mol. The first-order chi connectivity index (χ1) is 12.0. The zero-order valence-corrected chi connectivity index (χ0v) is 15.4. The summed E-state index contributed by atoms with van der Waals surface area (Å²) in [7, 11) is 0. The summed E-state index contributed by atoms with van der Waals surface area (Å²) in [5.41, 5.74) is 4.24. The summed E-state index contributed by atoms with van der Waals surface area (Å²) in [5.74, 6) is -0.836. The van der Waals surface area contributed by atoms with Gasteiger partial charge in [0.05, 0.1) is 17.8 Å². The fourth-order valence-electron chi connectivity index (χ4n) is 1.94. The van der Waals surface area contributed by atoms with E-state index in [0.717, 1.165) is 0 Å². The van der Waals surface area contributed by atoms with E-state index in [9.17, 15) is 14.5 Å². The van der Waals surface area contributed by atoms with E-state index < -0.39 is 5.91 Å². The Balaban J connectivity index is 0.00000338. The second-order valence-electron chi connectivity index (χ2n) is 5.04. The molecule has 2 amide bonds. The number of hydrogen-bond donors (Lipinski definition) is 2. The van der Waals surface area contributed by atoms with Crippen molar-refractivity contribution in [3.8, 4) is 0 Å². The van der Waals surface area contributed by atoms with Crippen molar-refractivity contribution in [3.05, 3.63) is 69.0 Å². The molecule has 2 rings (SSSR count). The number of nitroso groups, excluding NO2 is 1. The zero-order valence-electron chi connectivity index (χ0n) is 13.8. The Hall–Kier alpha value is -2.91. The van der Waals surface area contributed by atoms with Gasteiger partial charge in [-0.3, -0.25) is 9.59 Å². The van der Waals surface area contributed by atoms with Gasteiger partial charge in [0.25, 0.3) is 11.8 Å². The molecule has 8 nitrogen and oxygen atoms in total. The lowest BCUT2D eigenvalue weighted by Crippen LogP contribution is -2.35. The number of carbonyl (C=O) groups excluding carboxylic acids is 2. The molecule has 0 unspecified atom stereocenters. The Bertz CT molecular complexity index is 839. The van der Waals surface area contributed by atoms with Crippen molar-refractivity contribution in [3.63, 3.8) is 0 Å². The molecule has 2 aromatic carbocycles. The monoisotopic (exact) mass is 420 g/mol. The summed E-state index contributed by atoms with van der Waals surface area (Å²) in [6.07, 6.45) is 0. The second kappa shape index (κ2) is 10.2. The van der Waals surface area contributed by atoms with Gasteiger partial charge in [0.2, 0.25) is 0 Å². The fraction of sp³-hybridized carbons (Fsp3) is 0.118. The van der Waals surface area contributed by atoms with Crippen molar-refractivity contribution in [1.82, 2.24) is 10.7 Å². The molecule has 0 aliphatic heterocycles. The predicted octanol–water partition coefficient (Wildman–Crippen LogP) is 2.29. The highest BCUT2D eigenvalue weighted by Gasteiger charge is 2.10. The maximum Gasteiger partial charge on any atom is 0.259 e. The molecule has 0 aromatic heterocycles. The Morgan fingerprint density at radius 1 is 1.12 bits per heavy atom. The number of carbonyl (C=O) groups is 2. The molecule has 0 bridgehead atoms. The van der Waals surface area contributed by atoms with E-state index in [-0.39, 0.29) is 23.6 Å². The molecule has 0 aliphatic rings. The van der Waals surface area contributed by atoms with E-state index in [4.69, 9.17) is 0 Å². The summed E-state index contributed by atoms with van der Waals surface area (Å²) in [5, 5.41) is 9.32. The van der Waals surface area contributed by atoms with Crippen LogP contribution in [0.3, 0.4) is 0 Å². The second-order valence-corrected chi connectivity index (χ2v) is 5.89. The first-order valence-corrected chi connectivity index (χ1v) is 8.10. The smallest absolute Gasteiger partial charge is 0.259 e. The van der Waals surface area contributed by atoms with E-state index >= 15 is 0 Å². The number of nitrogens with zero attached hydrogens (tertiary/aromatic N) is 2. The van der Waals surface area contributed by atoms with Crippen LogP contribution < -0.4 is 10.7 Å². The minimum absolute atomic E-state index is 0. The van der Waals surface area contributed by atoms with Crippen LogP contribution >= 0.6 is 15.9 Å². The molecule has 2 aromatic rings. The van der Waals surface area contributed by atoms with Gasteiger partial charge in [-0.05, 0) is 57.9 Å². The van der Waals surface area contributed by atoms with Gasteiger partial charge in [-0.15, -0.1) is 4.91 Å². The van der Waals surface area contributed by atoms with Gasteiger partial charge in [-0.2, -0.15) is 5.10 Å². The average Bonchev–Trinajstić information content (AvgIpc) is 2.64. The van der Waals surface area contributed by atoms with E-state index in [1.807, 2.05) is 0 Å². The highest BCUT2D eigenvalue weighted by atomic mass is 79.9. The largest absolute Gasteiger partial charge is 0.412 e. The quantitative estimate of drug-likeness (QED) is 0.421. The first kappa shape index (κ1) is 21.1. The molecule has 0 saturated carbocycles. The van der Waals surface area contributed by atoms with Gasteiger partial charge >= 0.3 is 0 Å². The molecule has 0 radical (unpaired) electrons. The molecular formula is C17H17BrN4O4. The zero-order chi connectivity index (χ0) is 18.2. The van der Waals surface area contributed by atoms with Crippen LogP contribution in [0.2, 0.25) is 0 Å². The topological polar surface area (TPSA) is 131 Å². The standard InChI is InChI=1S/C17H15BrN4O3.H2O/c1-11(12-5-4-6-13(9-12)22-25)20-21-16(23)10-19-17(24)14-7-2-3-8-15(14)18;/h2-9H,10H2,1H3,(H,19,24)(H,21,23);1H2/b20-11+;. The number of nitrogens with one attached hydrogen (secondary N) is 2. The van der Waals surface area contributed by atoms with Gasteiger partial charge in [0.1, 0.15) is 5.69 Å². The summed E-state index contributed by atoms with van der Waals surface area (Å²) in [6, 6.07) is 13.5. The van der Waals surface area contributed by atoms with Gasteiger partial charge in [-0.25, -0.2) is 5.43 Å². The average molecular weight is 421 g/mol. The van der Waals surface area contributed by atoms with Crippen LogP contribution in [0, 0.1) is 4.91 Å². The Morgan fingerprint density at radius 3 is 2.54 bits per heavy atom. The van der Waals surface area contributed by atoms with Gasteiger partial charge in [0, 0.05) is 4.47 Å². The summed E-state index contributed by atoms with van der Waals surface area (Å²) < 4.78 is 0.644. The van der Waals surface area contributed by atoms with Gasteiger partial charge in [-0.1, -0.05) is 24.3 Å². The van der Waals surface area contributed by atoms with Crippen LogP contribution in [0.4, 0.5) is 5.69 Å². The van der Waals surface area contributed by atoms with Crippen molar-refractivity contribution in [2.45, 2.75) is 6.92 Å². The summed E-state index contributed by atoms with van der Waals surface area (Å²) in [6.45, 7) is 1.47. The summed E-state index contributed by atoms with van der Waals surface area (Å²) in [4.78, 5) is 34.3. The van der Waals surface area contributed by atoms with Crippen LogP contribution in [-0.4, -0.2) is 29.5 Å². The molecule has 0 aliphatic carbocycles. The van der Waals surface area contributed by atoms with Crippen molar-refractivity contribution in [2.24, 2.45) is 10.3 Å². The SMILES string of the molecule is C/C(=N\NC(=O)CNC(=O)c1ccccc1Br)c1cccc(N=O)c1.O. The number of rotatable bonds is 6. The maximum atomic E-state index is 12.0. The van der Waals surface area contributed by atoms with Gasteiger partial charge in [0.15, 0.2) is 0 Å². The van der Waals surface area contributed by atoms with Crippen LogP contribution in [0.5, 0.6) is 0 Å². The van der Waals surface area contributed by atoms with E-state index in [2.05, 4.69) is 37.0 Å². The van der Waals surface area contributed by atoms with Gasteiger partial charge < -0.3 is 10.8 Å². The first-order valence-electron chi connectivity index (χ1n) is 7.31. The highest BCUT2D eigenvalue weighted by molar-refractivity contribution is 9.10. The van der Waals surface area contributed by atoms with E-state index in [0.29, 0.717) is 21.3 Å². The third kappa shape index (κ3) is 5.87. The minimum atomic E-state index is -0.468. The third-order valence-electron chi connectivity index (χ3n) is 3.25. The van der Waals surface area contributed by atoms with Crippen molar-refractivity contribution < 1.29 is 15.1 Å². The number of hydrogen-bond acceptors (Lipinski definition) is 5. The Labute approximate surface area is 158 Å². The van der Waals surface area contributed by atoms with E-state index in [1.165, 1.54) is 0 Å². The minimum Gasteiger partial charge on any atom is -0.412 e. The predicted molar refractivity (Wildman–Crippen MR) is 102 cm³/mol. The maximum absolute atomic E-state index is 12.0. The van der Waals surface area contributed by atoms with Crippen LogP contribution in [0.15, 0.2) is 63.3 Å². The molecule has 0 atom stereocenters. The Morgan fingerprint density at radius 2 is 1.85 bits per heavy atom. The van der Waals surface area contributed by atoms with Crippen LogP contribution in [-0.2, 0) is 4.79 Å². The van der Waals surface area contributed by atoms with Crippen molar-refractivity contribution in [1.29, 1.82) is 0 Å². The van der Waals surface area contributed by atoms with Crippen molar-refractivity contribution >= 4 is 39.1 Å². The number of amides is 2. The van der Waals surface area contributed by atoms with E-state index in [1.54, 1.807) is 55.5 Å². The molecule has 4 N–H and O–H groups in total. The lowest BCUT2D eigenvalue weighted by atomic mass is 10.1. The fourth-order valence-corrected chi connectivity index (χ4v) is 2.40. The molecule has 136 valence electrons. The molecule has 0 heterocycles. The van der Waals surface area contributed by atoms with Crippen LogP contribution in [0.25, 0.3) is 0 Å². The normalized spacial score (nSPS) is 10.5. The molecule has 0 fully saturated rings. The molecule has 0 spiro atoms. The number of hydrazone groups is 1. The molecule has 26 heavy (non-hydrogen) atoms. The lowest BCUT2D eigenvalue weighted by molar-refractivity contribution is -0.120.